The van der Waals surface area contributed by atoms with E-state index in [1.807, 2.05) is 0 Å². The van der Waals surface area contributed by atoms with Crippen LogP contribution in [-0.4, -0.2) is 35.1 Å². The second kappa shape index (κ2) is 6.24. The molecule has 0 bridgehead atoms. The van der Waals surface area contributed by atoms with E-state index >= 15 is 0 Å². The van der Waals surface area contributed by atoms with E-state index < -0.39 is 0 Å². The minimum atomic E-state index is -0.245. The van der Waals surface area contributed by atoms with Crippen LogP contribution in [0.2, 0.25) is 0 Å². The monoisotopic (exact) mass is 263 g/mol. The van der Waals surface area contributed by atoms with Gasteiger partial charge in [0.05, 0.1) is 6.07 Å². The molecule has 2 rings (SSSR count). The maximum Gasteiger partial charge on any atom is 0.108 e. The number of nitriles is 1. The predicted octanol–water partition coefficient (Wildman–Crippen LogP) is 3.06. The first-order valence-electron chi connectivity index (χ1n) is 8.05. The lowest BCUT2D eigenvalue weighted by Gasteiger charge is -2.43. The summed E-state index contributed by atoms with van der Waals surface area (Å²) >= 11 is 0. The van der Waals surface area contributed by atoms with Gasteiger partial charge in [-0.1, -0.05) is 6.92 Å². The molecule has 2 fully saturated rings. The van der Waals surface area contributed by atoms with Crippen LogP contribution in [0.15, 0.2) is 0 Å². The van der Waals surface area contributed by atoms with Crippen LogP contribution in [0.4, 0.5) is 0 Å². The molecule has 0 aromatic carbocycles. The van der Waals surface area contributed by atoms with Gasteiger partial charge < -0.3 is 0 Å². The van der Waals surface area contributed by atoms with Gasteiger partial charge in [0.2, 0.25) is 0 Å². The summed E-state index contributed by atoms with van der Waals surface area (Å²) < 4.78 is 0. The Labute approximate surface area is 118 Å². The zero-order valence-electron chi connectivity index (χ0n) is 12.8. The van der Waals surface area contributed by atoms with Crippen molar-refractivity contribution in [3.8, 4) is 6.07 Å². The molecule has 108 valence electrons. The minimum Gasteiger partial charge on any atom is -0.298 e. The van der Waals surface area contributed by atoms with Crippen molar-refractivity contribution in [3.05, 3.63) is 0 Å². The first-order chi connectivity index (χ1) is 9.10. The molecule has 3 heteroatoms. The molecule has 0 aromatic heterocycles. The van der Waals surface area contributed by atoms with Crippen LogP contribution >= 0.6 is 0 Å². The van der Waals surface area contributed by atoms with Gasteiger partial charge in [-0.2, -0.15) is 5.26 Å². The Kier molecular flexibility index (Phi) is 4.86. The molecular weight excluding hydrogens is 234 g/mol. The highest BCUT2D eigenvalue weighted by molar-refractivity contribution is 5.13. The molecular formula is C16H29N3. The molecule has 2 unspecified atom stereocenters. The zero-order chi connectivity index (χ0) is 13.9. The van der Waals surface area contributed by atoms with Gasteiger partial charge in [0, 0.05) is 18.1 Å². The van der Waals surface area contributed by atoms with Gasteiger partial charge in [0.25, 0.3) is 0 Å². The summed E-state index contributed by atoms with van der Waals surface area (Å²) in [6, 6.07) is 4.41. The lowest BCUT2D eigenvalue weighted by molar-refractivity contribution is 0.0915. The molecule has 0 aliphatic heterocycles. The highest BCUT2D eigenvalue weighted by Crippen LogP contribution is 2.35. The van der Waals surface area contributed by atoms with E-state index in [-0.39, 0.29) is 5.54 Å². The van der Waals surface area contributed by atoms with Crippen molar-refractivity contribution in [2.75, 3.05) is 6.54 Å². The van der Waals surface area contributed by atoms with Crippen LogP contribution in [0.25, 0.3) is 0 Å². The van der Waals surface area contributed by atoms with Crippen molar-refractivity contribution in [3.63, 3.8) is 0 Å². The van der Waals surface area contributed by atoms with E-state index in [4.69, 9.17) is 0 Å². The van der Waals surface area contributed by atoms with E-state index in [0.717, 1.165) is 19.4 Å². The fraction of sp³-hybridized carbons (Fsp3) is 0.938. The standard InChI is InChI=1S/C16H29N3/c1-4-10-19(13(2)3)15-6-5-9-16(11-15,12-17)18-14-7-8-14/h13-15,18H,4-11H2,1-3H3. The van der Waals surface area contributed by atoms with Crippen LogP contribution in [0, 0.1) is 11.3 Å². The molecule has 0 spiro atoms. The van der Waals surface area contributed by atoms with Gasteiger partial charge in [-0.25, -0.2) is 0 Å². The van der Waals surface area contributed by atoms with Gasteiger partial charge in [0.1, 0.15) is 5.54 Å². The van der Waals surface area contributed by atoms with Crippen molar-refractivity contribution in [2.24, 2.45) is 0 Å². The molecule has 0 heterocycles. The maximum atomic E-state index is 9.66. The Hall–Kier alpha value is -0.590. The third-order valence-electron chi connectivity index (χ3n) is 4.61. The fourth-order valence-electron chi connectivity index (χ4n) is 3.53. The number of hydrogen-bond acceptors (Lipinski definition) is 3. The summed E-state index contributed by atoms with van der Waals surface area (Å²) in [6.07, 6.45) is 8.21. The van der Waals surface area contributed by atoms with Crippen molar-refractivity contribution in [1.29, 1.82) is 5.26 Å². The normalized spacial score (nSPS) is 31.7. The molecule has 2 aliphatic rings. The van der Waals surface area contributed by atoms with Gasteiger partial charge in [0.15, 0.2) is 0 Å². The topological polar surface area (TPSA) is 39.1 Å². The Bertz CT molecular complexity index is 329. The Morgan fingerprint density at radius 2 is 2.11 bits per heavy atom. The lowest BCUT2D eigenvalue weighted by Crippen LogP contribution is -2.54. The minimum absolute atomic E-state index is 0.245. The predicted molar refractivity (Wildman–Crippen MR) is 78.9 cm³/mol. The van der Waals surface area contributed by atoms with Crippen molar-refractivity contribution >= 4 is 0 Å². The molecule has 1 N–H and O–H groups in total. The summed E-state index contributed by atoms with van der Waals surface area (Å²) in [5, 5.41) is 13.3. The average molecular weight is 263 g/mol. The number of nitrogens with one attached hydrogen (secondary N) is 1. The van der Waals surface area contributed by atoms with E-state index in [9.17, 15) is 5.26 Å². The second-order valence-corrected chi connectivity index (χ2v) is 6.69. The van der Waals surface area contributed by atoms with Gasteiger partial charge in [-0.15, -0.1) is 0 Å². The molecule has 2 aliphatic carbocycles. The smallest absolute Gasteiger partial charge is 0.108 e. The number of nitrogens with zero attached hydrogens (tertiary/aromatic N) is 2. The fourth-order valence-corrected chi connectivity index (χ4v) is 3.53. The van der Waals surface area contributed by atoms with Crippen molar-refractivity contribution < 1.29 is 0 Å². The molecule has 3 nitrogen and oxygen atoms in total. The average Bonchev–Trinajstić information content (AvgIpc) is 3.19. The number of rotatable bonds is 6. The van der Waals surface area contributed by atoms with E-state index in [1.165, 1.54) is 32.1 Å². The SMILES string of the molecule is CCCN(C(C)C)C1CCCC(C#N)(NC2CC2)C1. The van der Waals surface area contributed by atoms with Crippen molar-refractivity contribution in [2.45, 2.75) is 89.4 Å². The summed E-state index contributed by atoms with van der Waals surface area (Å²) in [4.78, 5) is 2.61. The summed E-state index contributed by atoms with van der Waals surface area (Å²) in [5.74, 6) is 0. The van der Waals surface area contributed by atoms with Gasteiger partial charge >= 0.3 is 0 Å². The molecule has 0 radical (unpaired) electrons. The van der Waals surface area contributed by atoms with Crippen LogP contribution in [0.5, 0.6) is 0 Å². The van der Waals surface area contributed by atoms with Crippen LogP contribution in [-0.2, 0) is 0 Å². The van der Waals surface area contributed by atoms with Gasteiger partial charge in [-0.3, -0.25) is 10.2 Å². The highest BCUT2D eigenvalue weighted by atomic mass is 15.2. The Morgan fingerprint density at radius 3 is 2.63 bits per heavy atom. The second-order valence-electron chi connectivity index (χ2n) is 6.69. The molecule has 0 amide bonds. The van der Waals surface area contributed by atoms with E-state index in [0.29, 0.717) is 18.1 Å². The Balaban J connectivity index is 2.03. The van der Waals surface area contributed by atoms with Crippen LogP contribution < -0.4 is 5.32 Å². The molecule has 0 saturated heterocycles. The third-order valence-corrected chi connectivity index (χ3v) is 4.61. The highest BCUT2D eigenvalue weighted by Gasteiger charge is 2.42. The van der Waals surface area contributed by atoms with Crippen LogP contribution in [0.3, 0.4) is 0 Å². The van der Waals surface area contributed by atoms with Crippen LogP contribution in [0.1, 0.15) is 65.7 Å². The first-order valence-corrected chi connectivity index (χ1v) is 8.05. The third kappa shape index (κ3) is 3.70. The Morgan fingerprint density at radius 1 is 1.37 bits per heavy atom. The molecule has 2 atom stereocenters. The van der Waals surface area contributed by atoms with Crippen molar-refractivity contribution in [1.82, 2.24) is 10.2 Å². The summed E-state index contributed by atoms with van der Waals surface area (Å²) in [5.41, 5.74) is -0.245. The number of hydrogen-bond donors (Lipinski definition) is 1. The first kappa shape index (κ1) is 14.8. The summed E-state index contributed by atoms with van der Waals surface area (Å²) in [6.45, 7) is 7.98. The molecule has 0 aromatic rings. The van der Waals surface area contributed by atoms with E-state index in [2.05, 4.69) is 37.1 Å². The van der Waals surface area contributed by atoms with E-state index in [1.54, 1.807) is 0 Å². The maximum absolute atomic E-state index is 9.66. The van der Waals surface area contributed by atoms with Gasteiger partial charge in [-0.05, 0) is 65.3 Å². The molecule has 19 heavy (non-hydrogen) atoms. The quantitative estimate of drug-likeness (QED) is 0.800. The molecule has 2 saturated carbocycles. The summed E-state index contributed by atoms with van der Waals surface area (Å²) in [7, 11) is 0. The largest absolute Gasteiger partial charge is 0.298 e. The zero-order valence-corrected chi connectivity index (χ0v) is 12.8. The lowest BCUT2D eigenvalue weighted by atomic mass is 9.78.